The molecule has 0 spiro atoms. The summed E-state index contributed by atoms with van der Waals surface area (Å²) in [5, 5.41) is 3.33. The number of rotatable bonds is 8. The Labute approximate surface area is 206 Å². The van der Waals surface area contributed by atoms with Crippen LogP contribution in [0.2, 0.25) is 0 Å². The number of nitrogens with one attached hydrogen (secondary N) is 1. The van der Waals surface area contributed by atoms with E-state index in [9.17, 15) is 4.79 Å². The second-order valence-electron chi connectivity index (χ2n) is 8.04. The molecule has 3 aromatic rings. The first-order valence-corrected chi connectivity index (χ1v) is 11.9. The molecule has 1 N–H and O–H groups in total. The highest BCUT2D eigenvalue weighted by molar-refractivity contribution is 7.80. The van der Waals surface area contributed by atoms with Crippen LogP contribution < -0.4 is 14.8 Å². The molecule has 1 amide bonds. The first-order chi connectivity index (χ1) is 16.7. The fraction of sp³-hybridized carbons (Fsp3) is 0.259. The van der Waals surface area contributed by atoms with Gasteiger partial charge in [-0.1, -0.05) is 48.5 Å². The summed E-state index contributed by atoms with van der Waals surface area (Å²) in [6, 6.07) is 27.1. The smallest absolute Gasteiger partial charge is 0.257 e. The summed E-state index contributed by atoms with van der Waals surface area (Å²) in [5.74, 6) is 1.28. The third kappa shape index (κ3) is 7.04. The maximum absolute atomic E-state index is 12.6. The Morgan fingerprint density at radius 1 is 0.765 bits per heavy atom. The Morgan fingerprint density at radius 3 is 1.94 bits per heavy atom. The van der Waals surface area contributed by atoms with E-state index in [0.29, 0.717) is 29.6 Å². The zero-order chi connectivity index (χ0) is 23.6. The Bertz CT molecular complexity index is 1050. The van der Waals surface area contributed by atoms with Crippen LogP contribution in [-0.2, 0) is 6.54 Å². The minimum absolute atomic E-state index is 0.212. The molecule has 6 nitrogen and oxygen atoms in total. The van der Waals surface area contributed by atoms with Crippen molar-refractivity contribution in [3.05, 3.63) is 96.1 Å². The summed E-state index contributed by atoms with van der Waals surface area (Å²) >= 11 is 5.49. The van der Waals surface area contributed by atoms with Crippen molar-refractivity contribution < 1.29 is 14.3 Å². The van der Waals surface area contributed by atoms with Crippen LogP contribution >= 0.6 is 12.2 Å². The molecule has 0 radical (unpaired) electrons. The first-order valence-electron chi connectivity index (χ1n) is 11.4. The molecule has 0 aromatic heterocycles. The van der Waals surface area contributed by atoms with Gasteiger partial charge in [0.25, 0.3) is 5.91 Å². The summed E-state index contributed by atoms with van der Waals surface area (Å²) < 4.78 is 11.3. The van der Waals surface area contributed by atoms with Gasteiger partial charge in [0.1, 0.15) is 24.7 Å². The topological polar surface area (TPSA) is 54.0 Å². The number of carbonyl (C=O) groups is 1. The fourth-order valence-corrected chi connectivity index (χ4v) is 4.01. The van der Waals surface area contributed by atoms with E-state index in [0.717, 1.165) is 38.5 Å². The van der Waals surface area contributed by atoms with E-state index in [-0.39, 0.29) is 5.91 Å². The predicted molar refractivity (Wildman–Crippen MR) is 137 cm³/mol. The lowest BCUT2D eigenvalue weighted by molar-refractivity contribution is 0.0969. The van der Waals surface area contributed by atoms with Crippen molar-refractivity contribution in [1.82, 2.24) is 15.1 Å². The van der Waals surface area contributed by atoms with Crippen LogP contribution in [-0.4, -0.2) is 60.2 Å². The molecule has 3 aromatic carbocycles. The molecule has 7 heteroatoms. The van der Waals surface area contributed by atoms with Crippen LogP contribution in [0, 0.1) is 0 Å². The third-order valence-electron chi connectivity index (χ3n) is 5.61. The largest absolute Gasteiger partial charge is 0.490 e. The fourth-order valence-electron chi connectivity index (χ4n) is 3.74. The molecule has 1 aliphatic heterocycles. The van der Waals surface area contributed by atoms with Crippen LogP contribution in [0.4, 0.5) is 0 Å². The molecule has 1 aliphatic rings. The van der Waals surface area contributed by atoms with Gasteiger partial charge in [-0.3, -0.25) is 15.0 Å². The number of hydrogen-bond donors (Lipinski definition) is 1. The summed E-state index contributed by atoms with van der Waals surface area (Å²) in [4.78, 5) is 17.1. The monoisotopic (exact) mass is 475 g/mol. The van der Waals surface area contributed by atoms with Gasteiger partial charge in [-0.2, -0.15) is 0 Å². The minimum Gasteiger partial charge on any atom is -0.490 e. The number of para-hydroxylation sites is 1. The van der Waals surface area contributed by atoms with Gasteiger partial charge in [0.2, 0.25) is 0 Å². The van der Waals surface area contributed by atoms with Crippen molar-refractivity contribution in [3.8, 4) is 11.5 Å². The van der Waals surface area contributed by atoms with Crippen molar-refractivity contribution >= 4 is 23.2 Å². The lowest BCUT2D eigenvalue weighted by Gasteiger charge is -2.36. The van der Waals surface area contributed by atoms with E-state index in [1.807, 2.05) is 36.4 Å². The standard InChI is InChI=1S/C27H29N3O3S/c31-26(23-11-13-25(14-12-23)33-20-19-32-24-9-5-2-6-10-24)28-27(34)30-17-15-29(16-18-30)21-22-7-3-1-4-8-22/h1-14H,15-21H2,(H,28,31,34). The number of ether oxygens (including phenoxy) is 2. The van der Waals surface area contributed by atoms with Crippen LogP contribution in [0.25, 0.3) is 0 Å². The van der Waals surface area contributed by atoms with E-state index >= 15 is 0 Å². The van der Waals surface area contributed by atoms with Crippen molar-refractivity contribution in [2.24, 2.45) is 0 Å². The Morgan fingerprint density at radius 2 is 1.32 bits per heavy atom. The quantitative estimate of drug-likeness (QED) is 0.393. The molecule has 0 saturated carbocycles. The summed E-state index contributed by atoms with van der Waals surface area (Å²) in [6.45, 7) is 5.20. The lowest BCUT2D eigenvalue weighted by atomic mass is 10.2. The minimum atomic E-state index is -0.212. The van der Waals surface area contributed by atoms with Crippen molar-refractivity contribution in [2.75, 3.05) is 39.4 Å². The zero-order valence-electron chi connectivity index (χ0n) is 19.1. The Kier molecular flexibility index (Phi) is 8.48. The number of amides is 1. The molecule has 1 saturated heterocycles. The predicted octanol–water partition coefficient (Wildman–Crippen LogP) is 3.98. The van der Waals surface area contributed by atoms with Gasteiger partial charge >= 0.3 is 0 Å². The third-order valence-corrected chi connectivity index (χ3v) is 5.97. The van der Waals surface area contributed by atoms with E-state index in [4.69, 9.17) is 21.7 Å². The zero-order valence-corrected chi connectivity index (χ0v) is 19.9. The maximum atomic E-state index is 12.6. The van der Waals surface area contributed by atoms with Crippen LogP contribution in [0.3, 0.4) is 0 Å². The number of thiocarbonyl (C=S) groups is 1. The number of benzene rings is 3. The van der Waals surface area contributed by atoms with Gasteiger partial charge < -0.3 is 14.4 Å². The second kappa shape index (κ2) is 12.2. The van der Waals surface area contributed by atoms with Crippen LogP contribution in [0.15, 0.2) is 84.9 Å². The summed E-state index contributed by atoms with van der Waals surface area (Å²) in [6.07, 6.45) is 0. The maximum Gasteiger partial charge on any atom is 0.257 e. The SMILES string of the molecule is O=C(NC(=S)N1CCN(Cc2ccccc2)CC1)c1ccc(OCCOc2ccccc2)cc1. The normalized spacial score (nSPS) is 13.8. The number of hydrogen-bond acceptors (Lipinski definition) is 5. The molecule has 0 unspecified atom stereocenters. The van der Waals surface area contributed by atoms with Gasteiger partial charge in [-0.15, -0.1) is 0 Å². The van der Waals surface area contributed by atoms with Crippen LogP contribution in [0.5, 0.6) is 11.5 Å². The average Bonchev–Trinajstić information content (AvgIpc) is 2.88. The van der Waals surface area contributed by atoms with E-state index < -0.39 is 0 Å². The molecule has 0 aliphatic carbocycles. The molecule has 34 heavy (non-hydrogen) atoms. The average molecular weight is 476 g/mol. The molecule has 0 atom stereocenters. The number of carbonyl (C=O) groups excluding carboxylic acids is 1. The van der Waals surface area contributed by atoms with E-state index in [2.05, 4.69) is 39.4 Å². The van der Waals surface area contributed by atoms with Crippen molar-refractivity contribution in [1.29, 1.82) is 0 Å². The molecule has 0 bridgehead atoms. The second-order valence-corrected chi connectivity index (χ2v) is 8.43. The van der Waals surface area contributed by atoms with Gasteiger partial charge in [-0.05, 0) is 54.2 Å². The summed E-state index contributed by atoms with van der Waals surface area (Å²) in [7, 11) is 0. The molecule has 1 heterocycles. The van der Waals surface area contributed by atoms with Gasteiger partial charge in [-0.25, -0.2) is 0 Å². The Balaban J connectivity index is 1.17. The molecular weight excluding hydrogens is 446 g/mol. The number of piperazine rings is 1. The van der Waals surface area contributed by atoms with Gasteiger partial charge in [0.05, 0.1) is 0 Å². The van der Waals surface area contributed by atoms with Gasteiger partial charge in [0, 0.05) is 38.3 Å². The number of nitrogens with zero attached hydrogens (tertiary/aromatic N) is 2. The van der Waals surface area contributed by atoms with E-state index in [1.165, 1.54) is 5.56 Å². The Hall–Kier alpha value is -3.42. The van der Waals surface area contributed by atoms with Gasteiger partial charge in [0.15, 0.2) is 5.11 Å². The highest BCUT2D eigenvalue weighted by atomic mass is 32.1. The highest BCUT2D eigenvalue weighted by Gasteiger charge is 2.20. The van der Waals surface area contributed by atoms with E-state index in [1.54, 1.807) is 24.3 Å². The first kappa shape index (κ1) is 23.7. The van der Waals surface area contributed by atoms with Crippen LogP contribution in [0.1, 0.15) is 15.9 Å². The lowest BCUT2D eigenvalue weighted by Crippen LogP contribution is -2.52. The highest BCUT2D eigenvalue weighted by Crippen LogP contribution is 2.14. The summed E-state index contributed by atoms with van der Waals surface area (Å²) in [5.41, 5.74) is 1.85. The molecule has 1 fully saturated rings. The van der Waals surface area contributed by atoms with Crippen molar-refractivity contribution in [3.63, 3.8) is 0 Å². The molecule has 176 valence electrons. The van der Waals surface area contributed by atoms with Crippen molar-refractivity contribution in [2.45, 2.75) is 6.54 Å². The molecular formula is C27H29N3O3S. The molecule has 4 rings (SSSR count).